The van der Waals surface area contributed by atoms with Crippen LogP contribution < -0.4 is 10.7 Å². The Balaban J connectivity index is 2.94. The molecule has 0 aliphatic carbocycles. The molecule has 0 aliphatic rings. The van der Waals surface area contributed by atoms with Gasteiger partial charge in [-0.15, -0.1) is 0 Å². The molecule has 0 bridgehead atoms. The van der Waals surface area contributed by atoms with Gasteiger partial charge in [0.2, 0.25) is 0 Å². The number of rotatable bonds is 1. The molecule has 0 aliphatic heterocycles. The Kier molecular flexibility index (Phi) is 1.60. The molecule has 0 radical (unpaired) electrons. The fourth-order valence-corrected chi connectivity index (χ4v) is 0.457. The van der Waals surface area contributed by atoms with Crippen LogP contribution in [0.3, 0.4) is 0 Å². The molecule has 0 fully saturated rings. The topological polar surface area (TPSA) is 48.1 Å². The summed E-state index contributed by atoms with van der Waals surface area (Å²) in [5, 5.41) is 0. The van der Waals surface area contributed by atoms with E-state index >= 15 is 0 Å². The van der Waals surface area contributed by atoms with Gasteiger partial charge in [-0.05, 0) is 0 Å². The van der Waals surface area contributed by atoms with Crippen molar-refractivity contribution in [3.8, 4) is 5.75 Å². The first kappa shape index (κ1) is 5.97. The van der Waals surface area contributed by atoms with Gasteiger partial charge in [0, 0.05) is 6.07 Å². The standard InChI is InChI=1S/C5H5FN2O/c6-4-1-5(9-7)3-8-2-4/h1-3H,7H2. The van der Waals surface area contributed by atoms with E-state index in [-0.39, 0.29) is 5.75 Å². The minimum Gasteiger partial charge on any atom is -0.410 e. The lowest BCUT2D eigenvalue weighted by molar-refractivity contribution is 0.331. The van der Waals surface area contributed by atoms with Gasteiger partial charge in [0.1, 0.15) is 5.82 Å². The van der Waals surface area contributed by atoms with Crippen molar-refractivity contribution in [3.05, 3.63) is 24.3 Å². The van der Waals surface area contributed by atoms with Crippen molar-refractivity contribution in [2.45, 2.75) is 0 Å². The average molecular weight is 128 g/mol. The van der Waals surface area contributed by atoms with Gasteiger partial charge in [-0.3, -0.25) is 4.98 Å². The third-order valence-electron chi connectivity index (χ3n) is 0.816. The lowest BCUT2D eigenvalue weighted by Crippen LogP contribution is -2.01. The van der Waals surface area contributed by atoms with E-state index in [0.717, 1.165) is 12.3 Å². The Bertz CT molecular complexity index is 204. The van der Waals surface area contributed by atoms with E-state index in [9.17, 15) is 4.39 Å². The molecule has 0 unspecified atom stereocenters. The summed E-state index contributed by atoms with van der Waals surface area (Å²) in [6.07, 6.45) is 2.39. The molecule has 0 atom stereocenters. The lowest BCUT2D eigenvalue weighted by atomic mass is 10.4. The monoisotopic (exact) mass is 128 g/mol. The van der Waals surface area contributed by atoms with Crippen molar-refractivity contribution >= 4 is 0 Å². The average Bonchev–Trinajstić information content (AvgIpc) is 1.88. The maximum atomic E-state index is 12.2. The van der Waals surface area contributed by atoms with E-state index in [4.69, 9.17) is 5.90 Å². The maximum absolute atomic E-state index is 12.2. The Labute approximate surface area is 51.2 Å². The molecular formula is C5H5FN2O. The van der Waals surface area contributed by atoms with Crippen LogP contribution in [0.15, 0.2) is 18.5 Å². The summed E-state index contributed by atoms with van der Waals surface area (Å²) in [6, 6.07) is 1.15. The third kappa shape index (κ3) is 1.36. The van der Waals surface area contributed by atoms with Crippen LogP contribution in [-0.2, 0) is 0 Å². The largest absolute Gasteiger partial charge is 0.410 e. The highest BCUT2D eigenvalue weighted by Crippen LogP contribution is 2.06. The van der Waals surface area contributed by atoms with Crippen LogP contribution in [0, 0.1) is 5.82 Å². The highest BCUT2D eigenvalue weighted by Gasteiger charge is 1.92. The molecule has 0 saturated heterocycles. The van der Waals surface area contributed by atoms with Crippen molar-refractivity contribution in [2.24, 2.45) is 5.90 Å². The van der Waals surface area contributed by atoms with Crippen molar-refractivity contribution in [2.75, 3.05) is 0 Å². The number of aromatic nitrogens is 1. The molecule has 0 aromatic carbocycles. The van der Waals surface area contributed by atoms with Crippen molar-refractivity contribution in [1.29, 1.82) is 0 Å². The second kappa shape index (κ2) is 2.41. The smallest absolute Gasteiger partial charge is 0.168 e. The molecule has 9 heavy (non-hydrogen) atoms. The van der Waals surface area contributed by atoms with Gasteiger partial charge in [-0.1, -0.05) is 0 Å². The molecular weight excluding hydrogens is 123 g/mol. The van der Waals surface area contributed by atoms with Crippen LogP contribution in [0.4, 0.5) is 4.39 Å². The Hall–Kier alpha value is -1.16. The van der Waals surface area contributed by atoms with Gasteiger partial charge >= 0.3 is 0 Å². The molecule has 0 amide bonds. The highest BCUT2D eigenvalue weighted by molar-refractivity contribution is 5.16. The zero-order valence-corrected chi connectivity index (χ0v) is 4.54. The van der Waals surface area contributed by atoms with Crippen LogP contribution in [0.25, 0.3) is 0 Å². The number of hydrogen-bond acceptors (Lipinski definition) is 3. The molecule has 3 nitrogen and oxygen atoms in total. The molecule has 4 heteroatoms. The number of pyridine rings is 1. The molecule has 2 N–H and O–H groups in total. The zero-order chi connectivity index (χ0) is 6.69. The van der Waals surface area contributed by atoms with Crippen molar-refractivity contribution in [3.63, 3.8) is 0 Å². The van der Waals surface area contributed by atoms with E-state index in [1.54, 1.807) is 0 Å². The summed E-state index contributed by atoms with van der Waals surface area (Å²) in [5.41, 5.74) is 0. The van der Waals surface area contributed by atoms with E-state index in [1.165, 1.54) is 6.20 Å². The van der Waals surface area contributed by atoms with Gasteiger partial charge in [-0.2, -0.15) is 5.90 Å². The summed E-state index contributed by atoms with van der Waals surface area (Å²) >= 11 is 0. The quantitative estimate of drug-likeness (QED) is 0.559. The SMILES string of the molecule is NOc1cncc(F)c1. The number of nitrogens with zero attached hydrogens (tertiary/aromatic N) is 1. The summed E-state index contributed by atoms with van der Waals surface area (Å²) in [4.78, 5) is 7.67. The van der Waals surface area contributed by atoms with Gasteiger partial charge < -0.3 is 4.84 Å². The van der Waals surface area contributed by atoms with E-state index in [2.05, 4.69) is 9.82 Å². The fourth-order valence-electron chi connectivity index (χ4n) is 0.457. The number of hydrogen-bond donors (Lipinski definition) is 1. The van der Waals surface area contributed by atoms with E-state index < -0.39 is 5.82 Å². The Morgan fingerprint density at radius 2 is 2.33 bits per heavy atom. The molecule has 0 spiro atoms. The normalized spacial score (nSPS) is 9.11. The van der Waals surface area contributed by atoms with E-state index in [1.807, 2.05) is 0 Å². The van der Waals surface area contributed by atoms with Crippen LogP contribution >= 0.6 is 0 Å². The second-order valence-electron chi connectivity index (χ2n) is 1.46. The molecule has 1 heterocycles. The Morgan fingerprint density at radius 3 is 2.78 bits per heavy atom. The molecule has 1 rings (SSSR count). The van der Waals surface area contributed by atoms with E-state index in [0.29, 0.717) is 0 Å². The number of halogens is 1. The first-order valence-corrected chi connectivity index (χ1v) is 2.30. The summed E-state index contributed by atoms with van der Waals surface area (Å²) in [6.45, 7) is 0. The summed E-state index contributed by atoms with van der Waals surface area (Å²) < 4.78 is 12.2. The zero-order valence-electron chi connectivity index (χ0n) is 4.54. The Morgan fingerprint density at radius 1 is 1.56 bits per heavy atom. The second-order valence-corrected chi connectivity index (χ2v) is 1.46. The van der Waals surface area contributed by atoms with Crippen molar-refractivity contribution in [1.82, 2.24) is 4.98 Å². The van der Waals surface area contributed by atoms with Gasteiger partial charge in [0.25, 0.3) is 0 Å². The fraction of sp³-hybridized carbons (Fsp3) is 0. The summed E-state index contributed by atoms with van der Waals surface area (Å²) in [5.74, 6) is 4.47. The van der Waals surface area contributed by atoms with Gasteiger partial charge in [0.15, 0.2) is 5.75 Å². The third-order valence-corrected chi connectivity index (χ3v) is 0.816. The van der Waals surface area contributed by atoms with Crippen LogP contribution in [0.1, 0.15) is 0 Å². The summed E-state index contributed by atoms with van der Waals surface area (Å²) in [7, 11) is 0. The van der Waals surface area contributed by atoms with Crippen LogP contribution in [0.5, 0.6) is 5.75 Å². The predicted molar refractivity (Wildman–Crippen MR) is 29.0 cm³/mol. The minimum absolute atomic E-state index is 0.218. The van der Waals surface area contributed by atoms with Crippen LogP contribution in [-0.4, -0.2) is 4.98 Å². The molecule has 48 valence electrons. The first-order valence-electron chi connectivity index (χ1n) is 2.30. The first-order chi connectivity index (χ1) is 4.33. The maximum Gasteiger partial charge on any atom is 0.168 e. The lowest BCUT2D eigenvalue weighted by Gasteiger charge is -1.94. The van der Waals surface area contributed by atoms with Crippen LogP contribution in [0.2, 0.25) is 0 Å². The van der Waals surface area contributed by atoms with Gasteiger partial charge in [0.05, 0.1) is 12.4 Å². The minimum atomic E-state index is -0.460. The molecule has 0 saturated carbocycles. The number of nitrogens with two attached hydrogens (primary N) is 1. The molecule has 1 aromatic heterocycles. The van der Waals surface area contributed by atoms with Crippen molar-refractivity contribution < 1.29 is 9.23 Å². The molecule has 1 aromatic rings. The van der Waals surface area contributed by atoms with Gasteiger partial charge in [-0.25, -0.2) is 4.39 Å². The highest BCUT2D eigenvalue weighted by atomic mass is 19.1. The predicted octanol–water partition coefficient (Wildman–Crippen LogP) is 0.473.